The minimum absolute atomic E-state index is 0.0495. The number of thiazole rings is 1. The van der Waals surface area contributed by atoms with Crippen molar-refractivity contribution in [2.24, 2.45) is 5.92 Å². The van der Waals surface area contributed by atoms with Crippen molar-refractivity contribution in [3.8, 4) is 10.6 Å². The summed E-state index contributed by atoms with van der Waals surface area (Å²) in [5.41, 5.74) is 2.84. The Balaban J connectivity index is 1.54. The maximum atomic E-state index is 13.1. The first-order valence-corrected chi connectivity index (χ1v) is 10.4. The Kier molecular flexibility index (Phi) is 4.95. The van der Waals surface area contributed by atoms with Crippen LogP contribution in [-0.2, 0) is 6.54 Å². The quantitative estimate of drug-likeness (QED) is 0.590. The molecule has 1 aliphatic rings. The molecule has 0 saturated heterocycles. The summed E-state index contributed by atoms with van der Waals surface area (Å²) in [5, 5.41) is 6.93. The molecule has 0 aliphatic heterocycles. The number of aromatic nitrogens is 1. The average molecular weight is 369 g/mol. The van der Waals surface area contributed by atoms with Gasteiger partial charge >= 0.3 is 0 Å². The van der Waals surface area contributed by atoms with Crippen LogP contribution in [0.25, 0.3) is 10.6 Å². The monoisotopic (exact) mass is 368 g/mol. The standard InChI is InChI=1S/C20H20N2OS2/c23-20(18-14-25-19(21-18)17-9-10-24-13-17)22(12-16-7-4-8-16)11-15-5-2-1-3-6-15/h1-3,5-6,9-10,13-14,16H,4,7-8,11-12H2. The topological polar surface area (TPSA) is 33.2 Å². The molecular weight excluding hydrogens is 348 g/mol. The van der Waals surface area contributed by atoms with E-state index < -0.39 is 0 Å². The van der Waals surface area contributed by atoms with Crippen molar-refractivity contribution in [2.75, 3.05) is 6.54 Å². The molecule has 1 fully saturated rings. The van der Waals surface area contributed by atoms with Gasteiger partial charge in [-0.25, -0.2) is 4.98 Å². The smallest absolute Gasteiger partial charge is 0.273 e. The van der Waals surface area contributed by atoms with E-state index in [2.05, 4.69) is 22.5 Å². The van der Waals surface area contributed by atoms with E-state index in [1.165, 1.54) is 24.8 Å². The molecule has 4 rings (SSSR count). The summed E-state index contributed by atoms with van der Waals surface area (Å²) < 4.78 is 0. The van der Waals surface area contributed by atoms with E-state index in [0.29, 0.717) is 18.2 Å². The van der Waals surface area contributed by atoms with Crippen molar-refractivity contribution < 1.29 is 4.79 Å². The van der Waals surface area contributed by atoms with Crippen LogP contribution < -0.4 is 0 Å². The van der Waals surface area contributed by atoms with Crippen LogP contribution in [0.3, 0.4) is 0 Å². The van der Waals surface area contributed by atoms with Gasteiger partial charge in [0.15, 0.2) is 0 Å². The van der Waals surface area contributed by atoms with Crippen LogP contribution in [-0.4, -0.2) is 22.3 Å². The number of hydrogen-bond acceptors (Lipinski definition) is 4. The van der Waals surface area contributed by atoms with Crippen molar-refractivity contribution in [2.45, 2.75) is 25.8 Å². The molecule has 0 spiro atoms. The second kappa shape index (κ2) is 7.50. The second-order valence-electron chi connectivity index (χ2n) is 6.52. The molecule has 2 aromatic heterocycles. The molecule has 0 unspecified atom stereocenters. The molecule has 3 nitrogen and oxygen atoms in total. The van der Waals surface area contributed by atoms with Gasteiger partial charge in [-0.05, 0) is 35.8 Å². The summed E-state index contributed by atoms with van der Waals surface area (Å²) in [4.78, 5) is 19.7. The first-order valence-electron chi connectivity index (χ1n) is 8.61. The fraction of sp³-hybridized carbons (Fsp3) is 0.300. The lowest BCUT2D eigenvalue weighted by Crippen LogP contribution is -2.37. The fourth-order valence-electron chi connectivity index (χ4n) is 3.06. The van der Waals surface area contributed by atoms with Crippen LogP contribution in [0.4, 0.5) is 0 Å². The lowest BCUT2D eigenvalue weighted by molar-refractivity contribution is 0.0674. The van der Waals surface area contributed by atoms with E-state index in [0.717, 1.165) is 17.1 Å². The predicted molar refractivity (Wildman–Crippen MR) is 104 cm³/mol. The van der Waals surface area contributed by atoms with Gasteiger partial charge in [-0.2, -0.15) is 11.3 Å². The summed E-state index contributed by atoms with van der Waals surface area (Å²) in [7, 11) is 0. The maximum Gasteiger partial charge on any atom is 0.273 e. The predicted octanol–water partition coefficient (Wildman–Crippen LogP) is 5.31. The second-order valence-corrected chi connectivity index (χ2v) is 8.16. The highest BCUT2D eigenvalue weighted by Gasteiger charge is 2.26. The van der Waals surface area contributed by atoms with Gasteiger partial charge in [0.05, 0.1) is 0 Å². The number of amides is 1. The summed E-state index contributed by atoms with van der Waals surface area (Å²) in [6.45, 7) is 1.49. The molecule has 5 heteroatoms. The Bertz CT molecular complexity index is 823. The zero-order valence-corrected chi connectivity index (χ0v) is 15.6. The zero-order valence-electron chi connectivity index (χ0n) is 13.9. The van der Waals surface area contributed by atoms with E-state index >= 15 is 0 Å². The third-order valence-electron chi connectivity index (χ3n) is 4.70. The molecule has 0 radical (unpaired) electrons. The highest BCUT2D eigenvalue weighted by molar-refractivity contribution is 7.14. The number of thiophene rings is 1. The van der Waals surface area contributed by atoms with Crippen molar-refractivity contribution in [3.05, 3.63) is 63.8 Å². The molecule has 0 N–H and O–H groups in total. The number of carbonyl (C=O) groups excluding carboxylic acids is 1. The van der Waals surface area contributed by atoms with Gasteiger partial charge in [0, 0.05) is 29.4 Å². The fourth-order valence-corrected chi connectivity index (χ4v) is 4.57. The Hall–Kier alpha value is -1.98. The molecule has 1 aromatic carbocycles. The van der Waals surface area contributed by atoms with Gasteiger partial charge < -0.3 is 4.90 Å². The Labute approximate surface area is 156 Å². The Morgan fingerprint density at radius 3 is 2.68 bits per heavy atom. The summed E-state index contributed by atoms with van der Waals surface area (Å²) >= 11 is 3.20. The molecule has 1 amide bonds. The molecule has 0 atom stereocenters. The number of hydrogen-bond donors (Lipinski definition) is 0. The van der Waals surface area contributed by atoms with Crippen molar-refractivity contribution in [1.29, 1.82) is 0 Å². The van der Waals surface area contributed by atoms with E-state index in [1.54, 1.807) is 22.7 Å². The van der Waals surface area contributed by atoms with E-state index in [1.807, 2.05) is 39.9 Å². The van der Waals surface area contributed by atoms with E-state index in [4.69, 9.17) is 0 Å². The Morgan fingerprint density at radius 1 is 1.16 bits per heavy atom. The van der Waals surface area contributed by atoms with E-state index in [-0.39, 0.29) is 5.91 Å². The molecule has 25 heavy (non-hydrogen) atoms. The molecule has 3 aromatic rings. The summed E-state index contributed by atoms with van der Waals surface area (Å²) in [6.07, 6.45) is 3.75. The molecular formula is C20H20N2OS2. The number of benzene rings is 1. The van der Waals surface area contributed by atoms with Crippen molar-refractivity contribution >= 4 is 28.6 Å². The number of carbonyl (C=O) groups is 1. The van der Waals surface area contributed by atoms with Gasteiger partial charge in [-0.3, -0.25) is 4.79 Å². The molecule has 2 heterocycles. The third kappa shape index (κ3) is 3.83. The minimum Gasteiger partial charge on any atom is -0.333 e. The van der Waals surface area contributed by atoms with Gasteiger partial charge in [0.2, 0.25) is 0 Å². The first kappa shape index (κ1) is 16.5. The lowest BCUT2D eigenvalue weighted by Gasteiger charge is -2.32. The molecule has 0 bridgehead atoms. The van der Waals surface area contributed by atoms with E-state index in [9.17, 15) is 4.79 Å². The van der Waals surface area contributed by atoms with Crippen LogP contribution in [0.15, 0.2) is 52.5 Å². The van der Waals surface area contributed by atoms with Gasteiger partial charge in [0.25, 0.3) is 5.91 Å². The van der Waals surface area contributed by atoms with Gasteiger partial charge in [0.1, 0.15) is 10.7 Å². The van der Waals surface area contributed by atoms with Crippen LogP contribution in [0.1, 0.15) is 35.3 Å². The number of rotatable bonds is 6. The highest BCUT2D eigenvalue weighted by atomic mass is 32.1. The zero-order chi connectivity index (χ0) is 17.1. The lowest BCUT2D eigenvalue weighted by atomic mass is 9.85. The van der Waals surface area contributed by atoms with Gasteiger partial charge in [-0.15, -0.1) is 11.3 Å². The SMILES string of the molecule is O=C(c1csc(-c2ccsc2)n1)N(Cc1ccccc1)CC1CCC1. The molecule has 1 saturated carbocycles. The highest BCUT2D eigenvalue weighted by Crippen LogP contribution is 2.29. The molecule has 1 aliphatic carbocycles. The van der Waals surface area contributed by atoms with Gasteiger partial charge in [-0.1, -0.05) is 36.8 Å². The summed E-state index contributed by atoms with van der Waals surface area (Å²) in [5.74, 6) is 0.691. The summed E-state index contributed by atoms with van der Waals surface area (Å²) in [6, 6.07) is 12.3. The maximum absolute atomic E-state index is 13.1. The molecule has 128 valence electrons. The largest absolute Gasteiger partial charge is 0.333 e. The first-order chi connectivity index (χ1) is 12.3. The van der Waals surface area contributed by atoms with Crippen LogP contribution in [0.2, 0.25) is 0 Å². The number of nitrogens with zero attached hydrogens (tertiary/aromatic N) is 2. The van der Waals surface area contributed by atoms with Crippen molar-refractivity contribution in [1.82, 2.24) is 9.88 Å². The van der Waals surface area contributed by atoms with Crippen LogP contribution in [0, 0.1) is 5.92 Å². The van der Waals surface area contributed by atoms with Crippen LogP contribution in [0.5, 0.6) is 0 Å². The normalized spacial score (nSPS) is 14.2. The average Bonchev–Trinajstić information content (AvgIpc) is 3.28. The van der Waals surface area contributed by atoms with Crippen molar-refractivity contribution in [3.63, 3.8) is 0 Å². The van der Waals surface area contributed by atoms with Crippen LogP contribution >= 0.6 is 22.7 Å². The minimum atomic E-state index is 0.0495. The third-order valence-corrected chi connectivity index (χ3v) is 6.27. The Morgan fingerprint density at radius 2 is 2.00 bits per heavy atom.